The van der Waals surface area contributed by atoms with Gasteiger partial charge in [-0.3, -0.25) is 19.2 Å². The van der Waals surface area contributed by atoms with E-state index in [-0.39, 0.29) is 6.61 Å². The molecule has 1 amide bonds. The Morgan fingerprint density at radius 2 is 1.55 bits per heavy atom. The van der Waals surface area contributed by atoms with Gasteiger partial charge in [0, 0.05) is 27.7 Å². The fourth-order valence-corrected chi connectivity index (χ4v) is 3.21. The quantitative estimate of drug-likeness (QED) is 0.491. The Kier molecular flexibility index (Phi) is 8.38. The van der Waals surface area contributed by atoms with Crippen molar-refractivity contribution in [1.82, 2.24) is 5.32 Å². The van der Waals surface area contributed by atoms with Gasteiger partial charge in [0.2, 0.25) is 12.2 Å². The summed E-state index contributed by atoms with van der Waals surface area (Å²) >= 11 is 0. The Bertz CT molecular complexity index is 825. The van der Waals surface area contributed by atoms with E-state index >= 15 is 0 Å². The van der Waals surface area contributed by atoms with Crippen molar-refractivity contribution in [1.29, 1.82) is 0 Å². The van der Waals surface area contributed by atoms with Gasteiger partial charge in [-0.15, -0.1) is 0 Å². The highest BCUT2D eigenvalue weighted by atomic mass is 16.7. The van der Waals surface area contributed by atoms with Gasteiger partial charge in [-0.05, 0) is 18.6 Å². The molecule has 5 unspecified atom stereocenters. The minimum Gasteiger partial charge on any atom is -0.463 e. The third-order valence-corrected chi connectivity index (χ3v) is 4.41. The van der Waals surface area contributed by atoms with E-state index < -0.39 is 54.5 Å². The maximum Gasteiger partial charge on any atom is 0.303 e. The van der Waals surface area contributed by atoms with Crippen molar-refractivity contribution in [3.8, 4) is 5.75 Å². The molecule has 0 saturated carbocycles. The zero-order valence-electron chi connectivity index (χ0n) is 18.1. The first-order chi connectivity index (χ1) is 14.6. The number of rotatable bonds is 7. The van der Waals surface area contributed by atoms with Crippen LogP contribution in [0.4, 0.5) is 0 Å². The highest BCUT2D eigenvalue weighted by molar-refractivity contribution is 5.73. The van der Waals surface area contributed by atoms with Crippen LogP contribution in [0.25, 0.3) is 0 Å². The molecule has 1 fully saturated rings. The summed E-state index contributed by atoms with van der Waals surface area (Å²) in [5, 5.41) is 2.65. The molecule has 5 atom stereocenters. The molecule has 1 aromatic rings. The summed E-state index contributed by atoms with van der Waals surface area (Å²) < 4.78 is 27.8. The number of hydrogen-bond acceptors (Lipinski definition) is 9. The second-order valence-electron chi connectivity index (χ2n) is 7.10. The molecular weight excluding hydrogens is 410 g/mol. The summed E-state index contributed by atoms with van der Waals surface area (Å²) in [6.07, 6.45) is -4.47. The Labute approximate surface area is 180 Å². The minimum atomic E-state index is -1.16. The van der Waals surface area contributed by atoms with E-state index in [4.69, 9.17) is 23.7 Å². The minimum absolute atomic E-state index is 0.286. The van der Waals surface area contributed by atoms with Gasteiger partial charge < -0.3 is 29.0 Å². The van der Waals surface area contributed by atoms with Crippen molar-refractivity contribution in [2.24, 2.45) is 0 Å². The Morgan fingerprint density at radius 1 is 0.935 bits per heavy atom. The normalized spacial score (nSPS) is 25.1. The van der Waals surface area contributed by atoms with Crippen molar-refractivity contribution < 1.29 is 42.9 Å². The van der Waals surface area contributed by atoms with E-state index in [2.05, 4.69) is 5.32 Å². The van der Waals surface area contributed by atoms with Crippen LogP contribution in [0.5, 0.6) is 5.75 Å². The summed E-state index contributed by atoms with van der Waals surface area (Å²) in [4.78, 5) is 46.8. The molecule has 1 aromatic carbocycles. The van der Waals surface area contributed by atoms with E-state index in [1.54, 1.807) is 12.1 Å². The molecule has 1 heterocycles. The summed E-state index contributed by atoms with van der Waals surface area (Å²) in [6, 6.07) is 6.12. The molecule has 1 N–H and O–H groups in total. The number of ether oxygens (including phenoxy) is 5. The molecule has 0 bridgehead atoms. The monoisotopic (exact) mass is 437 g/mol. The van der Waals surface area contributed by atoms with Crippen LogP contribution in [0.1, 0.15) is 33.3 Å². The van der Waals surface area contributed by atoms with Crippen molar-refractivity contribution >= 4 is 23.8 Å². The maximum absolute atomic E-state index is 11.9. The summed E-state index contributed by atoms with van der Waals surface area (Å²) in [5.41, 5.74) is 0.801. The van der Waals surface area contributed by atoms with Gasteiger partial charge >= 0.3 is 17.9 Å². The van der Waals surface area contributed by atoms with Crippen molar-refractivity contribution in [2.45, 2.75) is 65.3 Å². The Balaban J connectivity index is 2.46. The molecule has 0 aromatic heterocycles. The van der Waals surface area contributed by atoms with Crippen molar-refractivity contribution in [2.75, 3.05) is 6.61 Å². The van der Waals surface area contributed by atoms with Gasteiger partial charge in [0.05, 0.1) is 0 Å². The van der Waals surface area contributed by atoms with Crippen LogP contribution in [0, 0.1) is 6.92 Å². The number of nitrogens with one attached hydrogen (secondary N) is 1. The molecule has 10 nitrogen and oxygen atoms in total. The van der Waals surface area contributed by atoms with Crippen LogP contribution in [0.15, 0.2) is 24.3 Å². The predicted molar refractivity (Wildman–Crippen MR) is 106 cm³/mol. The molecule has 2 rings (SSSR count). The zero-order valence-corrected chi connectivity index (χ0v) is 18.1. The van der Waals surface area contributed by atoms with Gasteiger partial charge in [0.25, 0.3) is 0 Å². The number of carbonyl (C=O) groups excluding carboxylic acids is 4. The number of hydrogen-bond donors (Lipinski definition) is 1. The average molecular weight is 437 g/mol. The molecule has 0 radical (unpaired) electrons. The van der Waals surface area contributed by atoms with Crippen LogP contribution in [0.2, 0.25) is 0 Å². The lowest BCUT2D eigenvalue weighted by molar-refractivity contribution is -0.257. The standard InChI is InChI=1S/C21H27NO9/c1-11-8-6-7-9-16(11)30-21-18(22-12(2)23)20(29-15(5)26)19(28-14(4)25)17(31-21)10-27-13(3)24/h6-9,17-21H,10H2,1-5H3,(H,22,23). The first-order valence-corrected chi connectivity index (χ1v) is 9.71. The molecule has 0 spiro atoms. The lowest BCUT2D eigenvalue weighted by Gasteiger charge is -2.44. The van der Waals surface area contributed by atoms with E-state index in [1.165, 1.54) is 27.7 Å². The molecule has 1 saturated heterocycles. The van der Waals surface area contributed by atoms with E-state index in [0.717, 1.165) is 5.56 Å². The first-order valence-electron chi connectivity index (χ1n) is 9.71. The molecule has 170 valence electrons. The Hall–Kier alpha value is -3.14. The molecular formula is C21H27NO9. The number of amides is 1. The predicted octanol–water partition coefficient (Wildman–Crippen LogP) is 1.03. The van der Waals surface area contributed by atoms with Crippen molar-refractivity contribution in [3.05, 3.63) is 29.8 Å². The molecule has 1 aliphatic rings. The number of aryl methyl sites for hydroxylation is 1. The SMILES string of the molecule is CC(=O)NC1C(Oc2ccccc2C)OC(COC(C)=O)C(OC(C)=O)C1OC(C)=O. The zero-order chi connectivity index (χ0) is 23.1. The van der Waals surface area contributed by atoms with Crippen LogP contribution < -0.4 is 10.1 Å². The van der Waals surface area contributed by atoms with Crippen LogP contribution in [-0.2, 0) is 38.1 Å². The summed E-state index contributed by atoms with van der Waals surface area (Å²) in [6.45, 7) is 6.40. The highest BCUT2D eigenvalue weighted by Gasteiger charge is 2.52. The van der Waals surface area contributed by atoms with Gasteiger partial charge in [-0.1, -0.05) is 18.2 Å². The lowest BCUT2D eigenvalue weighted by atomic mass is 9.96. The highest BCUT2D eigenvalue weighted by Crippen LogP contribution is 2.30. The molecule has 31 heavy (non-hydrogen) atoms. The number of para-hydroxylation sites is 1. The third kappa shape index (κ3) is 6.95. The van der Waals surface area contributed by atoms with E-state index in [9.17, 15) is 19.2 Å². The Morgan fingerprint density at radius 3 is 2.10 bits per heavy atom. The fourth-order valence-electron chi connectivity index (χ4n) is 3.21. The molecule has 1 aliphatic heterocycles. The van der Waals surface area contributed by atoms with Crippen molar-refractivity contribution in [3.63, 3.8) is 0 Å². The first kappa shape index (κ1) is 24.1. The largest absolute Gasteiger partial charge is 0.463 e. The maximum atomic E-state index is 11.9. The topological polar surface area (TPSA) is 126 Å². The summed E-state index contributed by atoms with van der Waals surface area (Å²) in [5.74, 6) is -1.88. The second-order valence-corrected chi connectivity index (χ2v) is 7.10. The summed E-state index contributed by atoms with van der Waals surface area (Å²) in [7, 11) is 0. The molecule has 0 aliphatic carbocycles. The lowest BCUT2D eigenvalue weighted by Crippen LogP contribution is -2.67. The van der Waals surface area contributed by atoms with Gasteiger partial charge in [0.15, 0.2) is 12.2 Å². The van der Waals surface area contributed by atoms with E-state index in [1.807, 2.05) is 19.1 Å². The van der Waals surface area contributed by atoms with Crippen LogP contribution >= 0.6 is 0 Å². The average Bonchev–Trinajstić information content (AvgIpc) is 2.65. The van der Waals surface area contributed by atoms with Gasteiger partial charge in [-0.25, -0.2) is 0 Å². The van der Waals surface area contributed by atoms with Gasteiger partial charge in [0.1, 0.15) is 24.5 Å². The van der Waals surface area contributed by atoms with Crippen LogP contribution in [0.3, 0.4) is 0 Å². The fraction of sp³-hybridized carbons (Fsp3) is 0.524. The number of benzene rings is 1. The number of esters is 3. The smallest absolute Gasteiger partial charge is 0.303 e. The van der Waals surface area contributed by atoms with Gasteiger partial charge in [-0.2, -0.15) is 0 Å². The molecule has 10 heteroatoms. The second kappa shape index (κ2) is 10.8. The van der Waals surface area contributed by atoms with E-state index in [0.29, 0.717) is 5.75 Å². The number of carbonyl (C=O) groups is 4. The third-order valence-electron chi connectivity index (χ3n) is 4.41. The van der Waals surface area contributed by atoms with Crippen LogP contribution in [-0.4, -0.2) is 61.1 Å².